The summed E-state index contributed by atoms with van der Waals surface area (Å²) in [6.45, 7) is 1.95. The number of carboxylic acids is 1. The maximum Gasteiger partial charge on any atom is 0.430 e. The summed E-state index contributed by atoms with van der Waals surface area (Å²) < 4.78 is 31.5. The molecule has 3 aliphatic carbocycles. The van der Waals surface area contributed by atoms with Gasteiger partial charge < -0.3 is 20.5 Å². The van der Waals surface area contributed by atoms with Gasteiger partial charge in [-0.2, -0.15) is 13.2 Å². The second-order valence-electron chi connectivity index (χ2n) is 8.76. The minimum absolute atomic E-state index is 0.0219. The van der Waals surface area contributed by atoms with Crippen LogP contribution < -0.4 is 15.7 Å². The lowest BCUT2D eigenvalue weighted by Gasteiger charge is -2.72. The Morgan fingerprint density at radius 2 is 1.60 bits per heavy atom. The third-order valence-corrected chi connectivity index (χ3v) is 7.24. The molecule has 35 heavy (non-hydrogen) atoms. The molecule has 0 unspecified atom stereocenters. The van der Waals surface area contributed by atoms with E-state index in [0.29, 0.717) is 26.3 Å². The Balaban J connectivity index is 0.000000429. The number of hydrogen-bond acceptors (Lipinski definition) is 4. The molecule has 3 aliphatic rings. The van der Waals surface area contributed by atoms with Crippen molar-refractivity contribution >= 4 is 58.3 Å². The van der Waals surface area contributed by atoms with Crippen LogP contribution in [0.15, 0.2) is 42.5 Å². The Hall–Kier alpha value is -2.49. The predicted molar refractivity (Wildman–Crippen MR) is 123 cm³/mol. The van der Waals surface area contributed by atoms with Crippen LogP contribution >= 0.6 is 34.8 Å². The third-order valence-electron chi connectivity index (χ3n) is 6.27. The summed E-state index contributed by atoms with van der Waals surface area (Å²) in [5.74, 6) is -3.34. The molecule has 188 valence electrons. The van der Waals surface area contributed by atoms with Gasteiger partial charge in [-0.05, 0) is 61.1 Å². The van der Waals surface area contributed by atoms with E-state index >= 15 is 0 Å². The van der Waals surface area contributed by atoms with E-state index in [9.17, 15) is 22.8 Å². The number of rotatable bonds is 5. The first-order chi connectivity index (χ1) is 16.2. The van der Waals surface area contributed by atoms with Gasteiger partial charge in [-0.3, -0.25) is 9.59 Å². The maximum absolute atomic E-state index is 12.6. The number of hydrogen-bond donors (Lipinski definition) is 2. The van der Waals surface area contributed by atoms with Crippen molar-refractivity contribution in [3.63, 3.8) is 0 Å². The largest absolute Gasteiger partial charge is 0.542 e. The zero-order chi connectivity index (χ0) is 26.2. The van der Waals surface area contributed by atoms with Gasteiger partial charge in [0.15, 0.2) is 0 Å². The van der Waals surface area contributed by atoms with Crippen LogP contribution in [0.3, 0.4) is 0 Å². The fourth-order valence-corrected chi connectivity index (χ4v) is 4.99. The van der Waals surface area contributed by atoms with Crippen LogP contribution in [0.5, 0.6) is 0 Å². The number of anilines is 1. The van der Waals surface area contributed by atoms with Crippen LogP contribution in [0, 0.1) is 11.3 Å². The van der Waals surface area contributed by atoms with Gasteiger partial charge in [0.1, 0.15) is 5.97 Å². The first-order valence-corrected chi connectivity index (χ1v) is 11.4. The molecule has 2 aromatic carbocycles. The van der Waals surface area contributed by atoms with Crippen molar-refractivity contribution in [1.29, 1.82) is 0 Å². The van der Waals surface area contributed by atoms with Gasteiger partial charge in [0.2, 0.25) is 5.91 Å². The first-order valence-electron chi connectivity index (χ1n) is 10.3. The Labute approximate surface area is 213 Å². The summed E-state index contributed by atoms with van der Waals surface area (Å²) in [7, 11) is 0. The summed E-state index contributed by atoms with van der Waals surface area (Å²) in [6.07, 6.45) is -2.79. The molecule has 0 spiro atoms. The molecule has 12 heteroatoms. The molecule has 3 saturated carbocycles. The molecular weight excluding hydrogens is 532 g/mol. The van der Waals surface area contributed by atoms with Gasteiger partial charge in [-0.25, -0.2) is 0 Å². The predicted octanol–water partition coefficient (Wildman–Crippen LogP) is 4.87. The molecule has 1 atom stereocenters. The molecule has 6 nitrogen and oxygen atoms in total. The van der Waals surface area contributed by atoms with Crippen LogP contribution in [-0.4, -0.2) is 29.5 Å². The Morgan fingerprint density at radius 3 is 2.11 bits per heavy atom. The van der Waals surface area contributed by atoms with E-state index in [0.717, 1.165) is 19.3 Å². The molecule has 2 N–H and O–H groups in total. The van der Waals surface area contributed by atoms with Crippen molar-refractivity contribution in [1.82, 2.24) is 5.32 Å². The molecule has 0 aliphatic heterocycles. The summed E-state index contributed by atoms with van der Waals surface area (Å²) in [5, 5.41) is 16.2. The molecule has 0 radical (unpaired) electrons. The number of benzene rings is 2. The number of amides is 2. The van der Waals surface area contributed by atoms with E-state index < -0.39 is 12.1 Å². The highest BCUT2D eigenvalue weighted by molar-refractivity contribution is 6.42. The van der Waals surface area contributed by atoms with E-state index in [1.165, 1.54) is 0 Å². The van der Waals surface area contributed by atoms with Crippen LogP contribution in [-0.2, 0) is 9.59 Å². The molecule has 0 heterocycles. The Bertz CT molecular complexity index is 1150. The van der Waals surface area contributed by atoms with Crippen LogP contribution in [0.1, 0.15) is 36.5 Å². The van der Waals surface area contributed by atoms with Crippen LogP contribution in [0.4, 0.5) is 18.9 Å². The Kier molecular flexibility index (Phi) is 7.64. The van der Waals surface area contributed by atoms with E-state index in [1.807, 2.05) is 13.0 Å². The molecule has 5 rings (SSSR count). The lowest BCUT2D eigenvalue weighted by Crippen LogP contribution is -2.77. The van der Waals surface area contributed by atoms with E-state index in [-0.39, 0.29) is 28.7 Å². The summed E-state index contributed by atoms with van der Waals surface area (Å²) >= 11 is 17.9. The number of aliphatic carboxylic acids is 1. The third kappa shape index (κ3) is 6.02. The fourth-order valence-electron chi connectivity index (χ4n) is 4.50. The molecule has 0 aromatic heterocycles. The molecule has 2 bridgehead atoms. The summed E-state index contributed by atoms with van der Waals surface area (Å²) in [6, 6.07) is 12.0. The van der Waals surface area contributed by atoms with E-state index in [4.69, 9.17) is 44.7 Å². The highest BCUT2D eigenvalue weighted by atomic mass is 35.5. The number of carboxylic acid groups (broad SMARTS) is 1. The monoisotopic (exact) mass is 549 g/mol. The number of nitrogens with one attached hydrogen (secondary N) is 2. The van der Waals surface area contributed by atoms with Crippen LogP contribution in [0.2, 0.25) is 15.1 Å². The van der Waals surface area contributed by atoms with Gasteiger partial charge in [-0.15, -0.1) is 0 Å². The summed E-state index contributed by atoms with van der Waals surface area (Å²) in [4.78, 5) is 33.9. The second kappa shape index (κ2) is 9.87. The first kappa shape index (κ1) is 27.1. The quantitative estimate of drug-likeness (QED) is 0.555. The van der Waals surface area contributed by atoms with Crippen molar-refractivity contribution in [2.45, 2.75) is 37.9 Å². The number of alkyl halides is 3. The number of carbonyl (C=O) groups is 3. The fraction of sp³-hybridized carbons (Fsp3) is 0.348. The molecule has 2 amide bonds. The minimum Gasteiger partial charge on any atom is -0.542 e. The molecular formula is C23H19Cl3F3N2O4-. The van der Waals surface area contributed by atoms with E-state index in [2.05, 4.69) is 10.6 Å². The zero-order valence-electron chi connectivity index (χ0n) is 18.1. The van der Waals surface area contributed by atoms with Crippen molar-refractivity contribution in [3.8, 4) is 0 Å². The highest BCUT2D eigenvalue weighted by Gasteiger charge is 2.71. The van der Waals surface area contributed by atoms with Crippen LogP contribution in [0.25, 0.3) is 0 Å². The smallest absolute Gasteiger partial charge is 0.430 e. The van der Waals surface area contributed by atoms with Gasteiger partial charge >= 0.3 is 6.18 Å². The lowest BCUT2D eigenvalue weighted by atomic mass is 9.36. The van der Waals surface area contributed by atoms with Gasteiger partial charge in [0.25, 0.3) is 5.91 Å². The highest BCUT2D eigenvalue weighted by Crippen LogP contribution is 2.70. The minimum atomic E-state index is -5.19. The SMILES string of the molecule is C[C@H](C(=O)Nc1cccc(Cl)c1)C12CC(NC(=O)c3ccc(Cl)c(Cl)c3)(C1)C2.O=C([O-])C(F)(F)F. The van der Waals surface area contributed by atoms with Gasteiger partial charge in [-0.1, -0.05) is 47.8 Å². The van der Waals surface area contributed by atoms with Crippen molar-refractivity contribution in [3.05, 3.63) is 63.1 Å². The summed E-state index contributed by atoms with van der Waals surface area (Å²) in [5.41, 5.74) is 0.917. The number of halogens is 6. The average molecular weight is 551 g/mol. The maximum atomic E-state index is 12.6. The Morgan fingerprint density at radius 1 is 1.00 bits per heavy atom. The van der Waals surface area contributed by atoms with Crippen molar-refractivity contribution in [2.24, 2.45) is 11.3 Å². The average Bonchev–Trinajstić information content (AvgIpc) is 2.70. The number of carbonyl (C=O) groups excluding carboxylic acids is 3. The molecule has 2 aromatic rings. The lowest BCUT2D eigenvalue weighted by molar-refractivity contribution is -0.344. The topological polar surface area (TPSA) is 98.3 Å². The molecule has 0 saturated heterocycles. The van der Waals surface area contributed by atoms with Gasteiger partial charge in [0.05, 0.1) is 10.0 Å². The van der Waals surface area contributed by atoms with Crippen molar-refractivity contribution in [2.75, 3.05) is 5.32 Å². The normalized spacial score (nSPS) is 22.9. The molecule has 3 fully saturated rings. The second-order valence-corrected chi connectivity index (χ2v) is 10.0. The van der Waals surface area contributed by atoms with E-state index in [1.54, 1.807) is 36.4 Å². The van der Waals surface area contributed by atoms with Gasteiger partial charge in [0, 0.05) is 27.7 Å². The standard InChI is InChI=1S/C21H19Cl3N2O2.C2HF3O2/c1-12(18(27)25-15-4-2-3-14(22)8-15)20-9-21(10-20,11-20)26-19(28)13-5-6-16(23)17(24)7-13;3-2(4,5)1(6)7/h2-8,12H,9-11H2,1H3,(H,25,27)(H,26,28);(H,6,7)/p-1/t12-,20?,21?;/m1./s1. The zero-order valence-corrected chi connectivity index (χ0v) is 20.4. The van der Waals surface area contributed by atoms with Crippen molar-refractivity contribution < 1.29 is 32.7 Å².